The van der Waals surface area contributed by atoms with Crippen LogP contribution >= 0.6 is 0 Å². The van der Waals surface area contributed by atoms with Gasteiger partial charge in [0.25, 0.3) is 0 Å². The number of methoxy groups -OCH3 is 1. The first-order valence-electron chi connectivity index (χ1n) is 5.46. The number of esters is 1. The number of hydrogen-bond donors (Lipinski definition) is 1. The highest BCUT2D eigenvalue weighted by Gasteiger charge is 1.93. The van der Waals surface area contributed by atoms with Crippen molar-refractivity contribution in [3.63, 3.8) is 0 Å². The average Bonchev–Trinajstić information content (AvgIpc) is 2.25. The molecule has 0 saturated carbocycles. The van der Waals surface area contributed by atoms with E-state index in [2.05, 4.69) is 9.47 Å². The van der Waals surface area contributed by atoms with E-state index < -0.39 is 5.97 Å². The van der Waals surface area contributed by atoms with Crippen LogP contribution in [-0.4, -0.2) is 50.6 Å². The number of aliphatic carboxylic acids is 1. The summed E-state index contributed by atoms with van der Waals surface area (Å²) in [7, 11) is 1.56. The number of ether oxygens (including phenoxy) is 3. The molecule has 0 aromatic carbocycles. The summed E-state index contributed by atoms with van der Waals surface area (Å²) >= 11 is 0. The van der Waals surface area contributed by atoms with Gasteiger partial charge in [0, 0.05) is 33.7 Å². The van der Waals surface area contributed by atoms with Crippen molar-refractivity contribution in [3.05, 3.63) is 0 Å². The Morgan fingerprint density at radius 2 is 1.82 bits per heavy atom. The minimum atomic E-state index is -0.762. The quantitative estimate of drug-likeness (QED) is 0.513. The summed E-state index contributed by atoms with van der Waals surface area (Å²) < 4.78 is 14.1. The summed E-state index contributed by atoms with van der Waals surface area (Å²) in [5.41, 5.74) is 0. The lowest BCUT2D eigenvalue weighted by Gasteiger charge is -1.99. The number of carbonyl (C=O) groups is 2. The molecular formula is C11H22O6. The molecule has 17 heavy (non-hydrogen) atoms. The van der Waals surface area contributed by atoms with Gasteiger partial charge in [-0.3, -0.25) is 9.59 Å². The predicted molar refractivity (Wildman–Crippen MR) is 61.9 cm³/mol. The molecule has 0 amide bonds. The zero-order chi connectivity index (χ0) is 13.5. The van der Waals surface area contributed by atoms with E-state index in [1.807, 2.05) is 6.92 Å². The third-order valence-corrected chi connectivity index (χ3v) is 1.48. The third-order valence-electron chi connectivity index (χ3n) is 1.48. The van der Waals surface area contributed by atoms with Crippen molar-refractivity contribution in [2.75, 3.05) is 33.5 Å². The van der Waals surface area contributed by atoms with Gasteiger partial charge in [-0.25, -0.2) is 0 Å². The fraction of sp³-hybridized carbons (Fsp3) is 0.818. The average molecular weight is 250 g/mol. The Morgan fingerprint density at radius 3 is 2.24 bits per heavy atom. The van der Waals surface area contributed by atoms with Crippen LogP contribution in [0.2, 0.25) is 0 Å². The molecule has 0 atom stereocenters. The predicted octanol–water partition coefficient (Wildman–Crippen LogP) is 1.08. The molecular weight excluding hydrogens is 228 g/mol. The van der Waals surface area contributed by atoms with Crippen LogP contribution in [0, 0.1) is 0 Å². The van der Waals surface area contributed by atoms with Crippen LogP contribution in [0.5, 0.6) is 0 Å². The van der Waals surface area contributed by atoms with E-state index in [-0.39, 0.29) is 12.4 Å². The van der Waals surface area contributed by atoms with Crippen molar-refractivity contribution >= 4 is 11.9 Å². The van der Waals surface area contributed by atoms with Crippen molar-refractivity contribution in [2.45, 2.75) is 26.7 Å². The van der Waals surface area contributed by atoms with E-state index >= 15 is 0 Å². The van der Waals surface area contributed by atoms with E-state index in [9.17, 15) is 9.59 Å². The molecule has 0 aliphatic carbocycles. The highest BCUT2D eigenvalue weighted by molar-refractivity contribution is 5.66. The fourth-order valence-electron chi connectivity index (χ4n) is 0.756. The second-order valence-electron chi connectivity index (χ2n) is 3.03. The summed E-state index contributed by atoms with van der Waals surface area (Å²) in [5, 5.41) is 8.08. The van der Waals surface area contributed by atoms with Gasteiger partial charge in [0.1, 0.15) is 6.61 Å². The molecule has 0 fully saturated rings. The Hall–Kier alpha value is -1.14. The summed E-state index contributed by atoms with van der Waals surface area (Å²) in [6.45, 7) is 5.34. The molecule has 102 valence electrons. The highest BCUT2D eigenvalue weighted by atomic mass is 16.6. The third kappa shape index (κ3) is 25.3. The molecule has 0 radical (unpaired) electrons. The number of carboxylic acid groups (broad SMARTS) is 1. The van der Waals surface area contributed by atoms with Crippen LogP contribution < -0.4 is 0 Å². The fourth-order valence-corrected chi connectivity index (χ4v) is 0.756. The number of rotatable bonds is 8. The molecule has 0 aliphatic rings. The van der Waals surface area contributed by atoms with Crippen LogP contribution in [0.25, 0.3) is 0 Å². The standard InChI is InChI=1S/C6H12O3.C5H10O3/c1-3-8-4-5-9-6(2)7;1-8-4-2-3-5(6)7/h3-5H2,1-2H3;2-4H2,1H3,(H,6,7). The van der Waals surface area contributed by atoms with Gasteiger partial charge in [0.05, 0.1) is 6.61 Å². The van der Waals surface area contributed by atoms with Crippen LogP contribution in [0.4, 0.5) is 0 Å². The van der Waals surface area contributed by atoms with Crippen LogP contribution in [-0.2, 0) is 23.8 Å². The maximum Gasteiger partial charge on any atom is 0.303 e. The van der Waals surface area contributed by atoms with Gasteiger partial charge in [0.15, 0.2) is 0 Å². The largest absolute Gasteiger partial charge is 0.481 e. The SMILES string of the molecule is CCOCCOC(C)=O.COCCCC(=O)O. The van der Waals surface area contributed by atoms with E-state index in [1.54, 1.807) is 7.11 Å². The van der Waals surface area contributed by atoms with Crippen molar-refractivity contribution in [1.82, 2.24) is 0 Å². The van der Waals surface area contributed by atoms with Crippen LogP contribution in [0.3, 0.4) is 0 Å². The topological polar surface area (TPSA) is 82.1 Å². The first-order chi connectivity index (χ1) is 8.04. The second kappa shape index (κ2) is 14.9. The van der Waals surface area contributed by atoms with E-state index in [0.29, 0.717) is 32.8 Å². The summed E-state index contributed by atoms with van der Waals surface area (Å²) in [6, 6.07) is 0. The van der Waals surface area contributed by atoms with Gasteiger partial charge in [-0.15, -0.1) is 0 Å². The molecule has 0 saturated heterocycles. The number of carboxylic acids is 1. The molecule has 0 unspecified atom stereocenters. The lowest BCUT2D eigenvalue weighted by Crippen LogP contribution is -2.06. The van der Waals surface area contributed by atoms with E-state index in [0.717, 1.165) is 0 Å². The monoisotopic (exact) mass is 250 g/mol. The summed E-state index contributed by atoms with van der Waals surface area (Å²) in [5.74, 6) is -1.02. The molecule has 1 N–H and O–H groups in total. The molecule has 6 heteroatoms. The molecule has 0 bridgehead atoms. The van der Waals surface area contributed by atoms with E-state index in [1.165, 1.54) is 6.92 Å². The van der Waals surface area contributed by atoms with Gasteiger partial charge < -0.3 is 19.3 Å². The van der Waals surface area contributed by atoms with E-state index in [4.69, 9.17) is 9.84 Å². The lowest BCUT2D eigenvalue weighted by molar-refractivity contribution is -0.142. The Labute approximate surface area is 102 Å². The van der Waals surface area contributed by atoms with Crippen LogP contribution in [0.1, 0.15) is 26.7 Å². The molecule has 6 nitrogen and oxygen atoms in total. The molecule has 0 rings (SSSR count). The first kappa shape index (κ1) is 18.2. The molecule has 0 spiro atoms. The van der Waals surface area contributed by atoms with Gasteiger partial charge in [-0.05, 0) is 13.3 Å². The maximum atomic E-state index is 10.1. The Kier molecular flexibility index (Phi) is 15.9. The summed E-state index contributed by atoms with van der Waals surface area (Å²) in [4.78, 5) is 19.9. The second-order valence-corrected chi connectivity index (χ2v) is 3.03. The van der Waals surface area contributed by atoms with Crippen LogP contribution in [0.15, 0.2) is 0 Å². The maximum absolute atomic E-state index is 10.1. The smallest absolute Gasteiger partial charge is 0.303 e. The first-order valence-corrected chi connectivity index (χ1v) is 5.46. The zero-order valence-electron chi connectivity index (χ0n) is 10.7. The molecule has 0 aromatic heterocycles. The normalized spacial score (nSPS) is 9.12. The Bertz CT molecular complexity index is 192. The molecule has 0 aliphatic heterocycles. The van der Waals surface area contributed by atoms with Crippen molar-refractivity contribution in [1.29, 1.82) is 0 Å². The van der Waals surface area contributed by atoms with Gasteiger partial charge in [0.2, 0.25) is 0 Å². The van der Waals surface area contributed by atoms with Crippen molar-refractivity contribution in [2.24, 2.45) is 0 Å². The Balaban J connectivity index is 0. The minimum Gasteiger partial charge on any atom is -0.481 e. The lowest BCUT2D eigenvalue weighted by atomic mass is 10.3. The number of carbonyl (C=O) groups excluding carboxylic acids is 1. The highest BCUT2D eigenvalue weighted by Crippen LogP contribution is 1.86. The minimum absolute atomic E-state index is 0.202. The Morgan fingerprint density at radius 1 is 1.18 bits per heavy atom. The van der Waals surface area contributed by atoms with Gasteiger partial charge in [-0.2, -0.15) is 0 Å². The number of hydrogen-bond acceptors (Lipinski definition) is 5. The molecule has 0 aromatic rings. The molecule has 0 heterocycles. The van der Waals surface area contributed by atoms with Gasteiger partial charge >= 0.3 is 11.9 Å². The zero-order valence-corrected chi connectivity index (χ0v) is 10.7. The van der Waals surface area contributed by atoms with Gasteiger partial charge in [-0.1, -0.05) is 0 Å². The summed E-state index contributed by atoms with van der Waals surface area (Å²) in [6.07, 6.45) is 0.805. The van der Waals surface area contributed by atoms with Crippen molar-refractivity contribution < 1.29 is 28.9 Å². The van der Waals surface area contributed by atoms with Crippen molar-refractivity contribution in [3.8, 4) is 0 Å².